The number of carboxylic acids is 1. The van der Waals surface area contributed by atoms with E-state index in [1.165, 1.54) is 23.6 Å². The Balaban J connectivity index is 1.44. The number of carbonyl (C=O) groups is 11. The molecular formula is C64H97N7O13S2. The average Bonchev–Trinajstić information content (AvgIpc) is 3.96. The van der Waals surface area contributed by atoms with Gasteiger partial charge in [-0.05, 0) is 100 Å². The van der Waals surface area contributed by atoms with E-state index in [2.05, 4.69) is 20.5 Å². The molecule has 6 amide bonds. The lowest BCUT2D eigenvalue weighted by molar-refractivity contribution is -0.150. The summed E-state index contributed by atoms with van der Waals surface area (Å²) in [4.78, 5) is 154. The molecule has 2 aliphatic rings. The molecule has 2 aliphatic heterocycles. The van der Waals surface area contributed by atoms with Crippen LogP contribution in [0.2, 0.25) is 0 Å². The van der Waals surface area contributed by atoms with Crippen molar-refractivity contribution in [3.8, 4) is 0 Å². The summed E-state index contributed by atoms with van der Waals surface area (Å²) >= 11 is 2.49. The Hall–Kier alpha value is -5.87. The highest BCUT2D eigenvalue weighted by atomic mass is 32.2. The fourth-order valence-corrected chi connectivity index (χ4v) is 13.0. The number of rotatable bonds is 39. The van der Waals surface area contributed by atoms with Gasteiger partial charge in [0.1, 0.15) is 16.5 Å². The summed E-state index contributed by atoms with van der Waals surface area (Å²) in [5.74, 6) is -6.42. The lowest BCUT2D eigenvalue weighted by Crippen LogP contribution is -2.48. The molecule has 10 atom stereocenters. The Kier molecular flexibility index (Phi) is 30.2. The molecule has 0 saturated carbocycles. The van der Waals surface area contributed by atoms with Crippen LogP contribution in [0.1, 0.15) is 197 Å². The molecule has 2 unspecified atom stereocenters. The summed E-state index contributed by atoms with van der Waals surface area (Å²) < 4.78 is 5.86. The third-order valence-corrected chi connectivity index (χ3v) is 19.1. The number of nitrogens with zero attached hydrogens (tertiary/aromatic N) is 4. The number of benzene rings is 1. The van der Waals surface area contributed by atoms with Crippen LogP contribution in [-0.2, 0) is 65.5 Å². The van der Waals surface area contributed by atoms with Gasteiger partial charge in [-0.1, -0.05) is 98.4 Å². The van der Waals surface area contributed by atoms with Crippen LogP contribution in [0.5, 0.6) is 0 Å². The topological polar surface area (TPSA) is 290 Å². The number of primary amides is 1. The number of likely N-dealkylation sites (tertiary alicyclic amines) is 2. The molecule has 1 aromatic heterocycles. The molecule has 3 heterocycles. The first-order valence-electron chi connectivity index (χ1n) is 30.9. The van der Waals surface area contributed by atoms with Crippen LogP contribution in [0, 0.1) is 35.5 Å². The molecule has 1 aromatic carbocycles. The minimum Gasteiger partial charge on any atom is -0.481 e. The molecule has 0 radical (unpaired) electrons. The first kappa shape index (κ1) is 72.6. The predicted molar refractivity (Wildman–Crippen MR) is 332 cm³/mol. The van der Waals surface area contributed by atoms with Crippen molar-refractivity contribution >= 4 is 87.8 Å². The predicted octanol–water partition coefficient (Wildman–Crippen LogP) is 8.10. The zero-order valence-electron chi connectivity index (χ0n) is 52.7. The minimum absolute atomic E-state index is 0.0226. The second-order valence-electron chi connectivity index (χ2n) is 24.6. The van der Waals surface area contributed by atoms with Crippen LogP contribution in [0.15, 0.2) is 29.6 Å². The molecule has 2 aromatic rings. The van der Waals surface area contributed by atoms with E-state index < -0.39 is 71.6 Å². The first-order valence-corrected chi connectivity index (χ1v) is 33.1. The number of esters is 1. The Bertz CT molecular complexity index is 2640. The summed E-state index contributed by atoms with van der Waals surface area (Å²) in [6.45, 7) is 15.6. The van der Waals surface area contributed by atoms with Crippen molar-refractivity contribution in [3.63, 3.8) is 0 Å². The van der Waals surface area contributed by atoms with E-state index in [0.29, 0.717) is 55.6 Å². The zero-order chi connectivity index (χ0) is 63.9. The number of hydrogen-bond donors (Lipinski definition) is 4. The smallest absolute Gasteiger partial charge is 0.306 e. The molecule has 0 bridgehead atoms. The molecule has 20 nitrogen and oxygen atoms in total. The van der Waals surface area contributed by atoms with Gasteiger partial charge < -0.3 is 31.1 Å². The van der Waals surface area contributed by atoms with E-state index in [4.69, 9.17) is 10.5 Å². The van der Waals surface area contributed by atoms with Crippen molar-refractivity contribution < 1.29 is 62.6 Å². The van der Waals surface area contributed by atoms with Crippen molar-refractivity contribution in [2.45, 2.75) is 213 Å². The van der Waals surface area contributed by atoms with Gasteiger partial charge in [-0.3, -0.25) is 62.5 Å². The molecule has 2 saturated heterocycles. The van der Waals surface area contributed by atoms with Crippen molar-refractivity contribution in [1.82, 2.24) is 30.3 Å². The van der Waals surface area contributed by atoms with Crippen molar-refractivity contribution in [2.24, 2.45) is 41.2 Å². The Morgan fingerprint density at radius 1 is 0.872 bits per heavy atom. The number of thiazole rings is 1. The number of nitrogens with two attached hydrogens (primary N) is 1. The van der Waals surface area contributed by atoms with Gasteiger partial charge in [-0.15, -0.1) is 11.3 Å². The lowest BCUT2D eigenvalue weighted by Gasteiger charge is -2.37. The number of carbonyl (C=O) groups excluding carboxylic acids is 10. The summed E-state index contributed by atoms with van der Waals surface area (Å²) in [7, 11) is 3.69. The van der Waals surface area contributed by atoms with Crippen molar-refractivity contribution in [1.29, 1.82) is 0 Å². The van der Waals surface area contributed by atoms with Crippen LogP contribution in [0.25, 0.3) is 0 Å². The highest BCUT2D eigenvalue weighted by Crippen LogP contribution is 2.34. The number of amides is 6. The molecule has 86 heavy (non-hydrogen) atoms. The van der Waals surface area contributed by atoms with Gasteiger partial charge in [-0.25, -0.2) is 4.98 Å². The fourth-order valence-electron chi connectivity index (χ4n) is 11.6. The quantitative estimate of drug-likeness (QED) is 0.0279. The number of imide groups is 1. The number of piperidine rings is 1. The Morgan fingerprint density at radius 2 is 1.55 bits per heavy atom. The van der Waals surface area contributed by atoms with Gasteiger partial charge in [0.05, 0.1) is 23.3 Å². The van der Waals surface area contributed by atoms with Gasteiger partial charge in [0.25, 0.3) is 5.91 Å². The van der Waals surface area contributed by atoms with E-state index in [1.807, 2.05) is 48.6 Å². The van der Waals surface area contributed by atoms with Crippen molar-refractivity contribution in [2.75, 3.05) is 33.4 Å². The summed E-state index contributed by atoms with van der Waals surface area (Å²) in [6, 6.07) is 4.83. The molecule has 5 N–H and O–H groups in total. The zero-order valence-corrected chi connectivity index (χ0v) is 54.3. The van der Waals surface area contributed by atoms with E-state index in [-0.39, 0.29) is 134 Å². The van der Waals surface area contributed by atoms with Crippen LogP contribution in [0.4, 0.5) is 0 Å². The van der Waals surface area contributed by atoms with Gasteiger partial charge in [-0.2, -0.15) is 11.8 Å². The second-order valence-corrected chi connectivity index (χ2v) is 26.5. The van der Waals surface area contributed by atoms with Crippen molar-refractivity contribution in [3.05, 3.63) is 51.5 Å². The van der Waals surface area contributed by atoms with E-state index in [1.54, 1.807) is 54.8 Å². The molecule has 0 spiro atoms. The van der Waals surface area contributed by atoms with Gasteiger partial charge in [0, 0.05) is 94.8 Å². The molecule has 2 fully saturated rings. The number of aliphatic carboxylic acids is 1. The third-order valence-electron chi connectivity index (χ3n) is 17.2. The number of thioether (sulfide) groups is 1. The Morgan fingerprint density at radius 3 is 2.14 bits per heavy atom. The van der Waals surface area contributed by atoms with E-state index >= 15 is 0 Å². The standard InChI is InChI=1S/C64H97N7O13S2/c1-12-40(6)48(34-54(75)51-22-17-19-28-69(51)9)62(80)70(10)52(39(4)5)35-55(84-42(8)72)61-68-50(37-86-61)60(79)66-45(30-41(7)64(82)83)31-43-24-26-44(27-25-43)32-53(74)49(21-15-16-23-57(65)76)67-59(78)47(38(2)3)33-46(73)20-14-13-18-29-71-58(77)36-56(85-11)63(71)81/h24-27,37-41,45,47-49,51-52,55-56H,12-23,28-36H2,1-11H3,(H2,65,76)(H,66,79)(H,67,78)(H,82,83)/t40-,41?,45+,47-,48-,49-,51+,52+,55+,56?/m0/s1. The maximum absolute atomic E-state index is 14.5. The number of aromatic nitrogens is 1. The maximum Gasteiger partial charge on any atom is 0.306 e. The normalized spacial score (nSPS) is 18.4. The first-order chi connectivity index (χ1) is 40.6. The number of nitrogens with one attached hydrogen (secondary N) is 2. The summed E-state index contributed by atoms with van der Waals surface area (Å²) in [5, 5.41) is 17.4. The van der Waals surface area contributed by atoms with Crippen LogP contribution < -0.4 is 16.4 Å². The van der Waals surface area contributed by atoms with Crippen LogP contribution >= 0.6 is 23.1 Å². The molecule has 478 valence electrons. The highest BCUT2D eigenvalue weighted by Gasteiger charge is 2.40. The average molecular weight is 1240 g/mol. The van der Waals surface area contributed by atoms with Crippen LogP contribution in [-0.4, -0.2) is 152 Å². The Labute approximate surface area is 517 Å². The van der Waals surface area contributed by atoms with E-state index in [9.17, 15) is 57.8 Å². The van der Waals surface area contributed by atoms with Gasteiger partial charge in [0.2, 0.25) is 29.5 Å². The maximum atomic E-state index is 14.5. The third kappa shape index (κ3) is 22.7. The van der Waals surface area contributed by atoms with Gasteiger partial charge >= 0.3 is 11.9 Å². The largest absolute Gasteiger partial charge is 0.481 e. The molecular weight excluding hydrogens is 1140 g/mol. The number of ether oxygens (including phenoxy) is 1. The summed E-state index contributed by atoms with van der Waals surface area (Å²) in [5.41, 5.74) is 6.79. The molecule has 0 aliphatic carbocycles. The number of carboxylic acid groups (broad SMARTS) is 1. The number of likely N-dealkylation sites (N-methyl/N-ethyl adjacent to an activating group) is 1. The number of unbranched alkanes of at least 4 members (excludes halogenated alkanes) is 3. The SMILES string of the molecule is CC[C@H](C)[C@H](CC(=O)[C@H]1CCCCN1C)C(=O)N(C)[C@H](C[C@@H](OC(C)=O)c1nc(C(=O)N[C@@H](Cc2ccc(CC(=O)[C@H](CCCCC(N)=O)NC(=O)[C@@H](CC(=O)CCCCCN3C(=O)CC(SC)C3=O)C(C)C)cc2)CC(C)C(=O)O)cs1)C(C)C. The monoisotopic (exact) mass is 1240 g/mol. The molecule has 4 rings (SSSR count). The minimum atomic E-state index is -1.05. The number of ketones is 3. The van der Waals surface area contributed by atoms with Crippen LogP contribution in [0.3, 0.4) is 0 Å². The van der Waals surface area contributed by atoms with Gasteiger partial charge in [0.15, 0.2) is 17.7 Å². The number of Topliss-reactive ketones (excluding diaryl/α,β-unsaturated/α-hetero) is 3. The summed E-state index contributed by atoms with van der Waals surface area (Å²) in [6.07, 6.45) is 8.21. The van der Waals surface area contributed by atoms with E-state index in [0.717, 1.165) is 42.7 Å². The highest BCUT2D eigenvalue weighted by molar-refractivity contribution is 8.00. The number of hydrogen-bond acceptors (Lipinski definition) is 16. The fraction of sp³-hybridized carbons (Fsp3) is 0.688. The second kappa shape index (κ2) is 35.8. The lowest BCUT2D eigenvalue weighted by atomic mass is 9.83. The molecule has 22 heteroatoms.